The molecule has 0 saturated carbocycles. The van der Waals surface area contributed by atoms with Gasteiger partial charge in [0.2, 0.25) is 0 Å². The maximum atomic E-state index is 13.0. The topological polar surface area (TPSA) is 23.6 Å². The molecule has 2 aromatic carbocycles. The molecule has 2 aromatic rings. The minimum atomic E-state index is -0.298. The van der Waals surface area contributed by atoms with Crippen molar-refractivity contribution >= 4 is 23.2 Å². The van der Waals surface area contributed by atoms with Gasteiger partial charge in [0.1, 0.15) is 5.82 Å². The Kier molecular flexibility index (Phi) is 4.44. The monoisotopic (exact) mass is 382 g/mol. The molecule has 0 radical (unpaired) electrons. The van der Waals surface area contributed by atoms with Gasteiger partial charge < -0.3 is 9.80 Å². The van der Waals surface area contributed by atoms with E-state index in [2.05, 4.69) is 28.0 Å². The number of Topliss-reactive ketones (excluding diaryl/α,β-unsaturated/α-hetero) is 1. The number of carbonyl (C=O) groups is 1. The van der Waals surface area contributed by atoms with Crippen LogP contribution in [0.4, 0.5) is 10.1 Å². The Labute approximate surface area is 163 Å². The first-order valence-electron chi connectivity index (χ1n) is 9.74. The summed E-state index contributed by atoms with van der Waals surface area (Å²) in [5.41, 5.74) is 3.59. The van der Waals surface area contributed by atoms with E-state index in [9.17, 15) is 9.18 Å². The Morgan fingerprint density at radius 3 is 2.85 bits per heavy atom. The van der Waals surface area contributed by atoms with Gasteiger partial charge >= 0.3 is 0 Å². The van der Waals surface area contributed by atoms with E-state index in [0.717, 1.165) is 32.6 Å². The molecule has 0 aromatic heterocycles. The number of ketones is 1. The highest BCUT2D eigenvalue weighted by Gasteiger charge is 2.43. The normalized spacial score (nSPS) is 23.8. The average molecular weight is 383 g/mol. The molecule has 27 heavy (non-hydrogen) atoms. The Morgan fingerprint density at radius 2 is 2.00 bits per heavy atom. The number of para-hydroxylation sites is 1. The number of hydrogen-bond donors (Lipinski definition) is 0. The summed E-state index contributed by atoms with van der Waals surface area (Å²) in [6.07, 6.45) is 1.66. The van der Waals surface area contributed by atoms with Gasteiger partial charge in [0.25, 0.3) is 0 Å². The van der Waals surface area contributed by atoms with E-state index in [1.165, 1.54) is 34.0 Å². The number of benzene rings is 2. The lowest BCUT2D eigenvalue weighted by molar-refractivity contribution is 0.0952. The number of rotatable bonds is 4. The Morgan fingerprint density at radius 1 is 1.15 bits per heavy atom. The molecule has 3 nitrogen and oxygen atoms in total. The molecule has 3 aliphatic heterocycles. The number of likely N-dealkylation sites (tertiary alicyclic amines) is 1. The SMILES string of the molecule is O=C(CCN1CCC2C(C1)c1cccc3c1N2CCS3)c1ccc(F)cc1. The zero-order chi connectivity index (χ0) is 18.4. The van der Waals surface area contributed by atoms with Gasteiger partial charge in [-0.2, -0.15) is 0 Å². The Hall–Kier alpha value is -1.85. The second-order valence-corrected chi connectivity index (χ2v) is 8.82. The summed E-state index contributed by atoms with van der Waals surface area (Å²) in [4.78, 5) is 18.9. The zero-order valence-corrected chi connectivity index (χ0v) is 16.1. The van der Waals surface area contributed by atoms with Crippen LogP contribution >= 0.6 is 11.8 Å². The van der Waals surface area contributed by atoms with Crippen molar-refractivity contribution in [3.05, 3.63) is 59.4 Å². The largest absolute Gasteiger partial charge is 0.366 e. The van der Waals surface area contributed by atoms with Crippen LogP contribution in [0.1, 0.15) is 34.7 Å². The average Bonchev–Trinajstić information content (AvgIpc) is 3.02. The second kappa shape index (κ2) is 6.95. The lowest BCUT2D eigenvalue weighted by Gasteiger charge is -2.40. The maximum absolute atomic E-state index is 13.0. The van der Waals surface area contributed by atoms with E-state index >= 15 is 0 Å². The molecule has 0 amide bonds. The van der Waals surface area contributed by atoms with Crippen LogP contribution in [-0.2, 0) is 0 Å². The van der Waals surface area contributed by atoms with Crippen molar-refractivity contribution in [2.45, 2.75) is 29.7 Å². The molecule has 0 spiro atoms. The number of carbonyl (C=O) groups excluding carboxylic acids is 1. The number of anilines is 1. The van der Waals surface area contributed by atoms with Gasteiger partial charge in [0.15, 0.2) is 5.78 Å². The minimum Gasteiger partial charge on any atom is -0.366 e. The van der Waals surface area contributed by atoms with Crippen molar-refractivity contribution in [3.8, 4) is 0 Å². The lowest BCUT2D eigenvalue weighted by Crippen LogP contribution is -2.47. The molecule has 3 heterocycles. The lowest BCUT2D eigenvalue weighted by atomic mass is 9.89. The van der Waals surface area contributed by atoms with Gasteiger partial charge in [-0.15, -0.1) is 11.8 Å². The summed E-state index contributed by atoms with van der Waals surface area (Å²) in [7, 11) is 0. The molecular weight excluding hydrogens is 359 g/mol. The van der Waals surface area contributed by atoms with Gasteiger partial charge in [0.05, 0.1) is 5.69 Å². The van der Waals surface area contributed by atoms with Crippen LogP contribution in [0.2, 0.25) is 0 Å². The number of piperidine rings is 1. The maximum Gasteiger partial charge on any atom is 0.164 e. The van der Waals surface area contributed by atoms with Crippen molar-refractivity contribution < 1.29 is 9.18 Å². The second-order valence-electron chi connectivity index (χ2n) is 7.68. The van der Waals surface area contributed by atoms with Crippen LogP contribution in [0.25, 0.3) is 0 Å². The highest BCUT2D eigenvalue weighted by Crippen LogP contribution is 2.50. The molecule has 0 N–H and O–H groups in total. The van der Waals surface area contributed by atoms with Gasteiger partial charge in [-0.25, -0.2) is 4.39 Å². The molecule has 1 fully saturated rings. The van der Waals surface area contributed by atoms with Crippen LogP contribution in [-0.4, -0.2) is 48.7 Å². The number of thioether (sulfide) groups is 1. The first-order chi connectivity index (χ1) is 13.2. The summed E-state index contributed by atoms with van der Waals surface area (Å²) in [6.45, 7) is 4.01. The summed E-state index contributed by atoms with van der Waals surface area (Å²) in [5.74, 6) is 1.53. The fraction of sp³-hybridized carbons (Fsp3) is 0.409. The molecule has 140 valence electrons. The van der Waals surface area contributed by atoms with Crippen LogP contribution < -0.4 is 4.90 Å². The van der Waals surface area contributed by atoms with Crippen LogP contribution in [0.3, 0.4) is 0 Å². The van der Waals surface area contributed by atoms with E-state index in [1.807, 2.05) is 11.8 Å². The van der Waals surface area contributed by atoms with Crippen molar-refractivity contribution in [2.75, 3.05) is 36.8 Å². The fourth-order valence-electron chi connectivity index (χ4n) is 4.89. The first-order valence-corrected chi connectivity index (χ1v) is 10.7. The van der Waals surface area contributed by atoms with E-state index in [-0.39, 0.29) is 11.6 Å². The molecular formula is C22H23FN2OS. The van der Waals surface area contributed by atoms with Gasteiger partial charge in [-0.3, -0.25) is 4.79 Å². The van der Waals surface area contributed by atoms with Crippen molar-refractivity contribution in [3.63, 3.8) is 0 Å². The third kappa shape index (κ3) is 3.07. The molecule has 1 saturated heterocycles. The molecule has 0 bridgehead atoms. The fourth-order valence-corrected chi connectivity index (χ4v) is 5.94. The number of nitrogens with zero attached hydrogens (tertiary/aromatic N) is 2. The van der Waals surface area contributed by atoms with E-state index in [1.54, 1.807) is 12.1 Å². The van der Waals surface area contributed by atoms with Gasteiger partial charge in [-0.1, -0.05) is 12.1 Å². The van der Waals surface area contributed by atoms with Gasteiger partial charge in [0, 0.05) is 60.8 Å². The summed E-state index contributed by atoms with van der Waals surface area (Å²) >= 11 is 1.98. The first kappa shape index (κ1) is 17.3. The van der Waals surface area contributed by atoms with Crippen molar-refractivity contribution in [1.29, 1.82) is 0 Å². The van der Waals surface area contributed by atoms with Crippen LogP contribution in [0.5, 0.6) is 0 Å². The molecule has 5 rings (SSSR count). The van der Waals surface area contributed by atoms with Crippen LogP contribution in [0.15, 0.2) is 47.4 Å². The highest BCUT2D eigenvalue weighted by molar-refractivity contribution is 7.99. The summed E-state index contributed by atoms with van der Waals surface area (Å²) < 4.78 is 13.0. The standard InChI is InChI=1S/C22H23FN2OS/c23-16-6-4-15(5-7-16)20(26)9-11-24-10-8-19-18(14-24)17-2-1-3-21-22(17)25(19)12-13-27-21/h1-7,18-19H,8-14H2. The summed E-state index contributed by atoms with van der Waals surface area (Å²) in [6, 6.07) is 13.3. The molecule has 2 atom stereocenters. The number of hydrogen-bond acceptors (Lipinski definition) is 4. The highest BCUT2D eigenvalue weighted by atomic mass is 32.2. The zero-order valence-electron chi connectivity index (χ0n) is 15.2. The van der Waals surface area contributed by atoms with E-state index in [0.29, 0.717) is 23.9 Å². The quantitative estimate of drug-likeness (QED) is 0.740. The number of fused-ring (bicyclic) bond motifs is 3. The molecule has 0 aliphatic carbocycles. The van der Waals surface area contributed by atoms with Gasteiger partial charge in [-0.05, 0) is 42.3 Å². The van der Waals surface area contributed by atoms with E-state index in [4.69, 9.17) is 0 Å². The predicted molar refractivity (Wildman–Crippen MR) is 107 cm³/mol. The molecule has 3 aliphatic rings. The molecule has 2 unspecified atom stereocenters. The predicted octanol–water partition coefficient (Wildman–Crippen LogP) is 4.18. The third-order valence-electron chi connectivity index (χ3n) is 6.19. The molecule has 5 heteroatoms. The van der Waals surface area contributed by atoms with Crippen molar-refractivity contribution in [1.82, 2.24) is 4.90 Å². The Bertz CT molecular complexity index is 869. The van der Waals surface area contributed by atoms with Crippen LogP contribution in [0, 0.1) is 5.82 Å². The smallest absolute Gasteiger partial charge is 0.164 e. The summed E-state index contributed by atoms with van der Waals surface area (Å²) in [5, 5.41) is 0. The van der Waals surface area contributed by atoms with E-state index < -0.39 is 0 Å². The Balaban J connectivity index is 1.27. The third-order valence-corrected chi connectivity index (χ3v) is 7.22. The van der Waals surface area contributed by atoms with Crippen molar-refractivity contribution in [2.24, 2.45) is 0 Å². The minimum absolute atomic E-state index is 0.0992. The number of halogens is 1.